The largest absolute Gasteiger partial charge is 0.504 e. The van der Waals surface area contributed by atoms with Crippen LogP contribution in [0.2, 0.25) is 0 Å². The van der Waals surface area contributed by atoms with Crippen molar-refractivity contribution < 1.29 is 10.2 Å². The van der Waals surface area contributed by atoms with E-state index < -0.39 is 0 Å². The molecule has 0 saturated carbocycles. The molecule has 0 saturated heterocycles. The number of phenolic OH excluding ortho intramolecular Hbond substituents is 2. The molecule has 2 aromatic carbocycles. The molecule has 0 unspecified atom stereocenters. The molecular formula is C18H22O2. The van der Waals surface area contributed by atoms with Crippen molar-refractivity contribution in [3.63, 3.8) is 0 Å². The Hall–Kier alpha value is -1.96. The number of hydrogen-bond acceptors (Lipinski definition) is 2. The molecule has 0 heterocycles. The van der Waals surface area contributed by atoms with Gasteiger partial charge in [-0.05, 0) is 47.6 Å². The van der Waals surface area contributed by atoms with Crippen molar-refractivity contribution in [1.82, 2.24) is 0 Å². The van der Waals surface area contributed by atoms with E-state index in [1.807, 2.05) is 6.07 Å². The van der Waals surface area contributed by atoms with E-state index >= 15 is 0 Å². The fraction of sp³-hybridized carbons (Fsp3) is 0.333. The molecule has 0 aliphatic rings. The van der Waals surface area contributed by atoms with E-state index in [9.17, 15) is 10.2 Å². The summed E-state index contributed by atoms with van der Waals surface area (Å²) in [5.41, 5.74) is 5.59. The number of benzene rings is 2. The van der Waals surface area contributed by atoms with Crippen molar-refractivity contribution in [2.24, 2.45) is 0 Å². The van der Waals surface area contributed by atoms with Gasteiger partial charge in [-0.15, -0.1) is 0 Å². The van der Waals surface area contributed by atoms with E-state index in [0.717, 1.165) is 24.8 Å². The van der Waals surface area contributed by atoms with Crippen LogP contribution in [0.4, 0.5) is 0 Å². The quantitative estimate of drug-likeness (QED) is 0.806. The van der Waals surface area contributed by atoms with Gasteiger partial charge in [-0.1, -0.05) is 45.0 Å². The SMILES string of the molecule is CCc1cc(CC)c(CC)c(-c2cccc(O)c2O)c1. The molecule has 20 heavy (non-hydrogen) atoms. The second-order valence-corrected chi connectivity index (χ2v) is 5.02. The Morgan fingerprint density at radius 1 is 0.850 bits per heavy atom. The van der Waals surface area contributed by atoms with Gasteiger partial charge in [-0.2, -0.15) is 0 Å². The molecule has 2 N–H and O–H groups in total. The summed E-state index contributed by atoms with van der Waals surface area (Å²) >= 11 is 0. The number of hydrogen-bond donors (Lipinski definition) is 2. The number of para-hydroxylation sites is 1. The standard InChI is InChI=1S/C18H22O2/c1-4-12-10-13(5-2)14(6-3)16(11-12)15-8-7-9-17(19)18(15)20/h7-11,19-20H,4-6H2,1-3H3. The van der Waals surface area contributed by atoms with Crippen molar-refractivity contribution in [3.8, 4) is 22.6 Å². The smallest absolute Gasteiger partial charge is 0.165 e. The molecule has 0 atom stereocenters. The van der Waals surface area contributed by atoms with Gasteiger partial charge in [0.05, 0.1) is 0 Å². The van der Waals surface area contributed by atoms with Crippen LogP contribution >= 0.6 is 0 Å². The van der Waals surface area contributed by atoms with Crippen molar-refractivity contribution in [2.75, 3.05) is 0 Å². The number of phenols is 2. The predicted octanol–water partition coefficient (Wildman–Crippen LogP) is 4.45. The average molecular weight is 270 g/mol. The minimum Gasteiger partial charge on any atom is -0.504 e. The fourth-order valence-electron chi connectivity index (χ4n) is 2.72. The second-order valence-electron chi connectivity index (χ2n) is 5.02. The van der Waals surface area contributed by atoms with Crippen LogP contribution < -0.4 is 0 Å². The molecule has 2 heteroatoms. The highest BCUT2D eigenvalue weighted by Gasteiger charge is 2.14. The molecule has 0 radical (unpaired) electrons. The van der Waals surface area contributed by atoms with Crippen LogP contribution in [0, 0.1) is 0 Å². The Bertz CT molecular complexity index is 615. The maximum Gasteiger partial charge on any atom is 0.165 e. The zero-order chi connectivity index (χ0) is 14.7. The number of aromatic hydroxyl groups is 2. The van der Waals surface area contributed by atoms with Gasteiger partial charge < -0.3 is 10.2 Å². The molecule has 0 aliphatic heterocycles. The van der Waals surface area contributed by atoms with Gasteiger partial charge >= 0.3 is 0 Å². The lowest BCUT2D eigenvalue weighted by Gasteiger charge is -2.16. The third-order valence-corrected chi connectivity index (χ3v) is 3.85. The van der Waals surface area contributed by atoms with Crippen LogP contribution in [0.5, 0.6) is 11.5 Å². The molecule has 2 rings (SSSR count). The summed E-state index contributed by atoms with van der Waals surface area (Å²) in [6.07, 6.45) is 2.85. The van der Waals surface area contributed by atoms with Crippen LogP contribution in [0.3, 0.4) is 0 Å². The highest BCUT2D eigenvalue weighted by atomic mass is 16.3. The predicted molar refractivity (Wildman–Crippen MR) is 83.3 cm³/mol. The minimum absolute atomic E-state index is 0.0301. The molecule has 0 fully saturated rings. The van der Waals surface area contributed by atoms with Crippen molar-refractivity contribution >= 4 is 0 Å². The van der Waals surface area contributed by atoms with Crippen LogP contribution in [0.25, 0.3) is 11.1 Å². The third kappa shape index (κ3) is 2.51. The van der Waals surface area contributed by atoms with Crippen LogP contribution in [-0.4, -0.2) is 10.2 Å². The first-order valence-electron chi connectivity index (χ1n) is 7.28. The van der Waals surface area contributed by atoms with Gasteiger partial charge in [0.1, 0.15) is 0 Å². The lowest BCUT2D eigenvalue weighted by atomic mass is 9.89. The van der Waals surface area contributed by atoms with Gasteiger partial charge in [-0.25, -0.2) is 0 Å². The van der Waals surface area contributed by atoms with Gasteiger partial charge in [0.25, 0.3) is 0 Å². The molecule has 2 nitrogen and oxygen atoms in total. The van der Waals surface area contributed by atoms with E-state index in [0.29, 0.717) is 5.56 Å². The Morgan fingerprint density at radius 3 is 2.20 bits per heavy atom. The molecule has 0 spiro atoms. The van der Waals surface area contributed by atoms with E-state index in [1.165, 1.54) is 22.8 Å². The molecule has 106 valence electrons. The van der Waals surface area contributed by atoms with Crippen molar-refractivity contribution in [2.45, 2.75) is 40.0 Å². The minimum atomic E-state index is -0.0653. The van der Waals surface area contributed by atoms with Crippen LogP contribution in [0.1, 0.15) is 37.5 Å². The Labute approximate surface area is 120 Å². The maximum atomic E-state index is 10.1. The number of aryl methyl sites for hydroxylation is 2. The molecule has 0 aromatic heterocycles. The molecule has 0 aliphatic carbocycles. The Kier molecular flexibility index (Phi) is 4.33. The fourth-order valence-corrected chi connectivity index (χ4v) is 2.72. The summed E-state index contributed by atoms with van der Waals surface area (Å²) < 4.78 is 0. The molecule has 0 bridgehead atoms. The normalized spacial score (nSPS) is 10.8. The highest BCUT2D eigenvalue weighted by molar-refractivity contribution is 5.77. The zero-order valence-corrected chi connectivity index (χ0v) is 12.4. The first kappa shape index (κ1) is 14.4. The second kappa shape index (κ2) is 6.00. The van der Waals surface area contributed by atoms with E-state index in [2.05, 4.69) is 32.9 Å². The maximum absolute atomic E-state index is 10.1. The van der Waals surface area contributed by atoms with Crippen LogP contribution in [-0.2, 0) is 19.3 Å². The third-order valence-electron chi connectivity index (χ3n) is 3.85. The number of rotatable bonds is 4. The van der Waals surface area contributed by atoms with Gasteiger partial charge in [-0.3, -0.25) is 0 Å². The van der Waals surface area contributed by atoms with Crippen molar-refractivity contribution in [3.05, 3.63) is 47.0 Å². The first-order chi connectivity index (χ1) is 9.62. The van der Waals surface area contributed by atoms with E-state index in [4.69, 9.17) is 0 Å². The summed E-state index contributed by atoms with van der Waals surface area (Å²) in [4.78, 5) is 0. The van der Waals surface area contributed by atoms with Crippen molar-refractivity contribution in [1.29, 1.82) is 0 Å². The van der Waals surface area contributed by atoms with E-state index in [1.54, 1.807) is 6.07 Å². The Morgan fingerprint density at radius 2 is 1.60 bits per heavy atom. The van der Waals surface area contributed by atoms with Gasteiger partial charge in [0.2, 0.25) is 0 Å². The monoisotopic (exact) mass is 270 g/mol. The van der Waals surface area contributed by atoms with E-state index in [-0.39, 0.29) is 11.5 Å². The van der Waals surface area contributed by atoms with Gasteiger partial charge in [0, 0.05) is 5.56 Å². The Balaban J connectivity index is 2.74. The summed E-state index contributed by atoms with van der Waals surface area (Å²) in [6.45, 7) is 6.41. The van der Waals surface area contributed by atoms with Crippen LogP contribution in [0.15, 0.2) is 30.3 Å². The lowest BCUT2D eigenvalue weighted by molar-refractivity contribution is 0.405. The summed E-state index contributed by atoms with van der Waals surface area (Å²) in [5, 5.41) is 19.9. The first-order valence-corrected chi connectivity index (χ1v) is 7.28. The molecular weight excluding hydrogens is 248 g/mol. The summed E-state index contributed by atoms with van der Waals surface area (Å²) in [7, 11) is 0. The summed E-state index contributed by atoms with van der Waals surface area (Å²) in [6, 6.07) is 9.53. The molecule has 0 amide bonds. The molecule has 2 aromatic rings. The topological polar surface area (TPSA) is 40.5 Å². The summed E-state index contributed by atoms with van der Waals surface area (Å²) in [5.74, 6) is -0.0954. The zero-order valence-electron chi connectivity index (χ0n) is 12.4. The van der Waals surface area contributed by atoms with Gasteiger partial charge in [0.15, 0.2) is 11.5 Å². The lowest BCUT2D eigenvalue weighted by Crippen LogP contribution is -1.98. The highest BCUT2D eigenvalue weighted by Crippen LogP contribution is 2.39. The average Bonchev–Trinajstić information content (AvgIpc) is 2.48.